The SMILES string of the molecule is CC1CC(C(=O)NCCc2ccc(CN3CCCNCCNCCCNCC3)cc2)CC(OC2OC(CO)C(O)C(O[C@@H](CC3CCCCC3)C(=O)O)C2OC(=O)C2CCNCC2)C1OC1OC(C)C(O)C(O)C1O. The molecule has 6 aliphatic rings. The number of piperidine rings is 1. The summed E-state index contributed by atoms with van der Waals surface area (Å²) in [6.45, 7) is 12.8. The van der Waals surface area contributed by atoms with Crippen molar-refractivity contribution in [3.05, 3.63) is 35.4 Å². The summed E-state index contributed by atoms with van der Waals surface area (Å²) in [4.78, 5) is 43.6. The summed E-state index contributed by atoms with van der Waals surface area (Å²) in [5.74, 6) is -3.65. The Bertz CT molecular complexity index is 1850. The first-order chi connectivity index (χ1) is 36.3. The minimum absolute atomic E-state index is 0.0322. The van der Waals surface area contributed by atoms with Crippen LogP contribution >= 0.6 is 0 Å². The van der Waals surface area contributed by atoms with Crippen LogP contribution in [0.2, 0.25) is 0 Å². The van der Waals surface area contributed by atoms with Gasteiger partial charge < -0.3 is 85.6 Å². The molecular weight excluding hydrogens is 973 g/mol. The monoisotopic (exact) mass is 1060 g/mol. The van der Waals surface area contributed by atoms with Crippen LogP contribution in [0.25, 0.3) is 0 Å². The number of hydrogen-bond donors (Lipinski definition) is 11. The lowest BCUT2D eigenvalue weighted by Crippen LogP contribution is -2.64. The molecule has 14 unspecified atom stereocenters. The molecule has 15 atom stereocenters. The second-order valence-corrected chi connectivity index (χ2v) is 22.0. The van der Waals surface area contributed by atoms with Gasteiger partial charge in [-0.1, -0.05) is 63.3 Å². The second kappa shape index (κ2) is 30.4. The van der Waals surface area contributed by atoms with Crippen molar-refractivity contribution in [3.63, 3.8) is 0 Å². The summed E-state index contributed by atoms with van der Waals surface area (Å²) in [5.41, 5.74) is 2.29. The van der Waals surface area contributed by atoms with E-state index in [1.807, 2.05) is 6.92 Å². The van der Waals surface area contributed by atoms with Gasteiger partial charge in [0, 0.05) is 45.2 Å². The maximum absolute atomic E-state index is 14.2. The third-order valence-corrected chi connectivity index (χ3v) is 16.2. The molecule has 4 heterocycles. The van der Waals surface area contributed by atoms with Gasteiger partial charge in [-0.2, -0.15) is 0 Å². The van der Waals surface area contributed by atoms with Gasteiger partial charge in [0.05, 0.1) is 30.8 Å². The molecule has 21 heteroatoms. The minimum Gasteiger partial charge on any atom is -0.479 e. The van der Waals surface area contributed by atoms with Crippen molar-refractivity contribution in [1.29, 1.82) is 0 Å². The van der Waals surface area contributed by atoms with E-state index in [9.17, 15) is 45.0 Å². The number of benzene rings is 1. The van der Waals surface area contributed by atoms with Crippen LogP contribution < -0.4 is 26.6 Å². The molecule has 21 nitrogen and oxygen atoms in total. The Morgan fingerprint density at radius 1 is 0.693 bits per heavy atom. The molecule has 2 saturated carbocycles. The fraction of sp³-hybridized carbons (Fsp3) is 0.833. The molecule has 1 aromatic rings. The molecule has 4 aliphatic heterocycles. The van der Waals surface area contributed by atoms with Crippen molar-refractivity contribution < 1.29 is 73.4 Å². The number of nitrogens with zero attached hydrogens (tertiary/aromatic N) is 1. The van der Waals surface area contributed by atoms with Crippen LogP contribution in [-0.4, -0.2) is 212 Å². The van der Waals surface area contributed by atoms with Gasteiger partial charge >= 0.3 is 11.9 Å². The van der Waals surface area contributed by atoms with Crippen LogP contribution in [0, 0.1) is 23.7 Å². The van der Waals surface area contributed by atoms with Gasteiger partial charge in [0.25, 0.3) is 0 Å². The highest BCUT2D eigenvalue weighted by Crippen LogP contribution is 2.39. The number of aliphatic hydroxyl groups excluding tert-OH is 5. The lowest BCUT2D eigenvalue weighted by Gasteiger charge is -2.48. The predicted octanol–water partition coefficient (Wildman–Crippen LogP) is 0.152. The number of amides is 1. The number of ether oxygens (including phenoxy) is 6. The molecule has 0 radical (unpaired) electrons. The Balaban J connectivity index is 1.06. The van der Waals surface area contributed by atoms with E-state index in [0.29, 0.717) is 45.3 Å². The van der Waals surface area contributed by atoms with Crippen molar-refractivity contribution in [2.24, 2.45) is 23.7 Å². The van der Waals surface area contributed by atoms with Crippen molar-refractivity contribution in [1.82, 2.24) is 31.5 Å². The number of carboxylic acids is 1. The van der Waals surface area contributed by atoms with Gasteiger partial charge in [0.15, 0.2) is 24.8 Å². The molecule has 7 rings (SSSR count). The Morgan fingerprint density at radius 3 is 2.08 bits per heavy atom. The molecule has 0 bridgehead atoms. The summed E-state index contributed by atoms with van der Waals surface area (Å²) < 4.78 is 38.0. The lowest BCUT2D eigenvalue weighted by atomic mass is 9.77. The third kappa shape index (κ3) is 17.5. The van der Waals surface area contributed by atoms with Crippen LogP contribution in [-0.2, 0) is 55.8 Å². The van der Waals surface area contributed by atoms with Crippen molar-refractivity contribution >= 4 is 17.8 Å². The van der Waals surface area contributed by atoms with E-state index in [2.05, 4.69) is 55.7 Å². The predicted molar refractivity (Wildman–Crippen MR) is 275 cm³/mol. The molecule has 1 amide bonds. The highest BCUT2D eigenvalue weighted by molar-refractivity contribution is 5.79. The van der Waals surface area contributed by atoms with E-state index in [1.165, 1.54) is 12.5 Å². The van der Waals surface area contributed by atoms with Crippen molar-refractivity contribution in [2.75, 3.05) is 78.6 Å². The third-order valence-electron chi connectivity index (χ3n) is 16.2. The highest BCUT2D eigenvalue weighted by Gasteiger charge is 2.54. The molecular formula is C54H90N6O15. The van der Waals surface area contributed by atoms with Crippen molar-refractivity contribution in [3.8, 4) is 0 Å². The number of hydrogen-bond acceptors (Lipinski definition) is 19. The highest BCUT2D eigenvalue weighted by atomic mass is 16.7. The average molecular weight is 1060 g/mol. The summed E-state index contributed by atoms with van der Waals surface area (Å²) in [6.07, 6.45) is -9.20. The van der Waals surface area contributed by atoms with E-state index in [4.69, 9.17) is 28.4 Å². The number of carbonyl (C=O) groups is 3. The quantitative estimate of drug-likeness (QED) is 0.0873. The van der Waals surface area contributed by atoms with Gasteiger partial charge in [0.2, 0.25) is 5.91 Å². The van der Waals surface area contributed by atoms with Gasteiger partial charge in [0.1, 0.15) is 36.6 Å². The van der Waals surface area contributed by atoms with E-state index in [1.54, 1.807) is 0 Å². The smallest absolute Gasteiger partial charge is 0.332 e. The normalized spacial score (nSPS) is 35.2. The molecule has 4 saturated heterocycles. The first kappa shape index (κ1) is 59.7. The zero-order valence-electron chi connectivity index (χ0n) is 44.3. The molecule has 11 N–H and O–H groups in total. The largest absolute Gasteiger partial charge is 0.479 e. The maximum atomic E-state index is 14.2. The molecule has 0 spiro atoms. The van der Waals surface area contributed by atoms with E-state index < -0.39 is 116 Å². The number of carbonyl (C=O) groups excluding carboxylic acids is 2. The number of aliphatic carboxylic acids is 1. The number of nitrogens with one attached hydrogen (secondary N) is 5. The first-order valence-corrected chi connectivity index (χ1v) is 28.2. The van der Waals surface area contributed by atoms with Crippen LogP contribution in [0.3, 0.4) is 0 Å². The van der Waals surface area contributed by atoms with Gasteiger partial charge in [-0.15, -0.1) is 0 Å². The van der Waals surface area contributed by atoms with Crippen LogP contribution in [0.15, 0.2) is 24.3 Å². The number of rotatable bonds is 18. The van der Waals surface area contributed by atoms with Crippen LogP contribution in [0.4, 0.5) is 0 Å². The van der Waals surface area contributed by atoms with Gasteiger partial charge in [-0.25, -0.2) is 4.79 Å². The fourth-order valence-electron chi connectivity index (χ4n) is 11.7. The Morgan fingerprint density at radius 2 is 1.37 bits per heavy atom. The summed E-state index contributed by atoms with van der Waals surface area (Å²) in [5, 5.41) is 82.2. The van der Waals surface area contributed by atoms with E-state index in [0.717, 1.165) is 109 Å². The molecule has 2 aliphatic carbocycles. The number of esters is 1. The Hall–Kier alpha value is -2.97. The van der Waals surface area contributed by atoms with Gasteiger partial charge in [-0.3, -0.25) is 14.5 Å². The number of aliphatic hydroxyl groups is 5. The van der Waals surface area contributed by atoms with E-state index >= 15 is 0 Å². The molecule has 75 heavy (non-hydrogen) atoms. The maximum Gasteiger partial charge on any atom is 0.332 e. The average Bonchev–Trinajstić information content (AvgIpc) is 3.41. The Kier molecular flexibility index (Phi) is 24.2. The van der Waals surface area contributed by atoms with Gasteiger partial charge in [-0.05, 0) is 121 Å². The molecule has 6 fully saturated rings. The Labute approximate surface area is 442 Å². The van der Waals surface area contributed by atoms with Crippen LogP contribution in [0.1, 0.15) is 102 Å². The van der Waals surface area contributed by atoms with E-state index in [-0.39, 0.29) is 24.7 Å². The zero-order valence-corrected chi connectivity index (χ0v) is 44.3. The molecule has 1 aromatic carbocycles. The molecule has 426 valence electrons. The fourth-order valence-corrected chi connectivity index (χ4v) is 11.7. The first-order valence-electron chi connectivity index (χ1n) is 28.2. The molecule has 0 aromatic heterocycles. The number of carboxylic acid groups (broad SMARTS) is 1. The summed E-state index contributed by atoms with van der Waals surface area (Å²) >= 11 is 0. The topological polar surface area (TPSA) is 291 Å². The van der Waals surface area contributed by atoms with Crippen molar-refractivity contribution in [2.45, 2.75) is 184 Å². The lowest BCUT2D eigenvalue weighted by molar-refractivity contribution is -0.350. The minimum atomic E-state index is -1.66. The standard InChI is InChI=1S/C54H90N6O15/c1-33-28-39(50(66)59-22-14-35-10-12-37(13-11-35)31-60-26-7-19-56-24-23-55-17-6-18-57-25-27-60)30-40(47(33)75-53-46(65)45(64)43(62)34(2)70-53)72-54-49(74-52(69)38-15-20-58-21-16-38)48(44(63)42(32-61)73-54)71-41(51(67)68)29-36-8-4-3-5-9-36/h10-13,33-34,36,38-49,53-58,61-65H,3-9,14-32H2,1-2H3,(H,59,66)(H,67,68)/t33?,34?,39?,40?,41-,42?,43?,44?,45?,46?,47?,48?,49?,53?,54?/m0/s1. The second-order valence-electron chi connectivity index (χ2n) is 22.0. The van der Waals surface area contributed by atoms with Crippen LogP contribution in [0.5, 0.6) is 0 Å². The summed E-state index contributed by atoms with van der Waals surface area (Å²) in [6, 6.07) is 8.51. The summed E-state index contributed by atoms with van der Waals surface area (Å²) in [7, 11) is 0. The zero-order chi connectivity index (χ0) is 53.3.